The van der Waals surface area contributed by atoms with Crippen LogP contribution in [0.2, 0.25) is 0 Å². The molecule has 2 N–H and O–H groups in total. The van der Waals surface area contributed by atoms with Gasteiger partial charge >= 0.3 is 0 Å². The highest BCUT2D eigenvalue weighted by Crippen LogP contribution is 2.35. The van der Waals surface area contributed by atoms with Crippen molar-refractivity contribution >= 4 is 33.2 Å². The minimum Gasteiger partial charge on any atom is -0.493 e. The number of carbonyl (C=O) groups is 1. The standard InChI is InChI=1S/C20H25BrN2O3/c1-5-26-19-14(10-15(21)11-18(19)25-4)12-22-16-6-8-17(9-7-16)23-20(24)13(2)3/h6-11,13,22H,5,12H2,1-4H3,(H,23,24). The maximum Gasteiger partial charge on any atom is 0.226 e. The van der Waals surface area contributed by atoms with E-state index in [0.29, 0.717) is 18.9 Å². The van der Waals surface area contributed by atoms with Gasteiger partial charge in [0.2, 0.25) is 5.91 Å². The molecule has 26 heavy (non-hydrogen) atoms. The van der Waals surface area contributed by atoms with E-state index in [-0.39, 0.29) is 11.8 Å². The molecule has 1 amide bonds. The maximum absolute atomic E-state index is 11.7. The fraction of sp³-hybridized carbons (Fsp3) is 0.350. The van der Waals surface area contributed by atoms with Crippen LogP contribution in [0.3, 0.4) is 0 Å². The summed E-state index contributed by atoms with van der Waals surface area (Å²) in [7, 11) is 1.63. The summed E-state index contributed by atoms with van der Waals surface area (Å²) in [5.41, 5.74) is 2.73. The fourth-order valence-electron chi connectivity index (χ4n) is 2.37. The third-order valence-corrected chi connectivity index (χ3v) is 4.22. The smallest absolute Gasteiger partial charge is 0.226 e. The molecule has 2 rings (SSSR count). The number of anilines is 2. The largest absolute Gasteiger partial charge is 0.493 e. The van der Waals surface area contributed by atoms with Crippen LogP contribution in [-0.2, 0) is 11.3 Å². The Kier molecular flexibility index (Phi) is 7.33. The molecule has 2 aromatic carbocycles. The first-order valence-corrected chi connectivity index (χ1v) is 9.37. The molecule has 0 bridgehead atoms. The van der Waals surface area contributed by atoms with Crippen LogP contribution in [0.1, 0.15) is 26.3 Å². The third-order valence-electron chi connectivity index (χ3n) is 3.76. The zero-order chi connectivity index (χ0) is 19.1. The van der Waals surface area contributed by atoms with Crippen molar-refractivity contribution in [2.75, 3.05) is 24.4 Å². The zero-order valence-electron chi connectivity index (χ0n) is 15.6. The van der Waals surface area contributed by atoms with Crippen LogP contribution in [0.5, 0.6) is 11.5 Å². The lowest BCUT2D eigenvalue weighted by Gasteiger charge is -2.16. The summed E-state index contributed by atoms with van der Waals surface area (Å²) in [6.07, 6.45) is 0. The quantitative estimate of drug-likeness (QED) is 0.626. The number of amides is 1. The summed E-state index contributed by atoms with van der Waals surface area (Å²) in [6.45, 7) is 6.84. The molecular formula is C20H25BrN2O3. The normalized spacial score (nSPS) is 10.5. The van der Waals surface area contributed by atoms with Gasteiger partial charge in [0.1, 0.15) is 0 Å². The minimum atomic E-state index is -0.0451. The number of hydrogen-bond acceptors (Lipinski definition) is 4. The number of halogens is 1. The van der Waals surface area contributed by atoms with Crippen LogP contribution in [0.4, 0.5) is 11.4 Å². The van der Waals surface area contributed by atoms with Crippen molar-refractivity contribution < 1.29 is 14.3 Å². The molecule has 0 aliphatic rings. The topological polar surface area (TPSA) is 59.6 Å². The molecule has 0 atom stereocenters. The highest BCUT2D eigenvalue weighted by molar-refractivity contribution is 9.10. The molecule has 0 heterocycles. The molecule has 0 radical (unpaired) electrons. The first-order chi connectivity index (χ1) is 12.4. The van der Waals surface area contributed by atoms with Crippen LogP contribution in [0.15, 0.2) is 40.9 Å². The van der Waals surface area contributed by atoms with Gasteiger partial charge in [-0.3, -0.25) is 4.79 Å². The van der Waals surface area contributed by atoms with E-state index in [9.17, 15) is 4.79 Å². The van der Waals surface area contributed by atoms with E-state index in [2.05, 4.69) is 26.6 Å². The van der Waals surface area contributed by atoms with Gasteiger partial charge in [0.15, 0.2) is 11.5 Å². The predicted octanol–water partition coefficient (Wildman–Crippen LogP) is 5.06. The van der Waals surface area contributed by atoms with E-state index in [4.69, 9.17) is 9.47 Å². The van der Waals surface area contributed by atoms with E-state index in [1.54, 1.807) is 7.11 Å². The molecule has 6 heteroatoms. The number of carbonyl (C=O) groups excluding carboxylic acids is 1. The Morgan fingerprint density at radius 1 is 1.15 bits per heavy atom. The SMILES string of the molecule is CCOc1c(CNc2ccc(NC(=O)C(C)C)cc2)cc(Br)cc1OC. The number of nitrogens with one attached hydrogen (secondary N) is 2. The van der Waals surface area contributed by atoms with Gasteiger partial charge in [0.25, 0.3) is 0 Å². The molecule has 0 spiro atoms. The van der Waals surface area contributed by atoms with E-state index >= 15 is 0 Å². The fourth-order valence-corrected chi connectivity index (χ4v) is 2.85. The minimum absolute atomic E-state index is 0.00768. The van der Waals surface area contributed by atoms with Gasteiger partial charge in [-0.15, -0.1) is 0 Å². The Morgan fingerprint density at radius 3 is 2.38 bits per heavy atom. The molecule has 5 nitrogen and oxygen atoms in total. The summed E-state index contributed by atoms with van der Waals surface area (Å²) in [4.78, 5) is 11.7. The molecule has 0 saturated heterocycles. The van der Waals surface area contributed by atoms with Gasteiger partial charge in [0, 0.05) is 33.9 Å². The second-order valence-electron chi connectivity index (χ2n) is 6.10. The number of rotatable bonds is 8. The van der Waals surface area contributed by atoms with Crippen LogP contribution >= 0.6 is 15.9 Å². The lowest BCUT2D eigenvalue weighted by molar-refractivity contribution is -0.118. The molecule has 140 valence electrons. The summed E-state index contributed by atoms with van der Waals surface area (Å²) >= 11 is 3.51. The highest BCUT2D eigenvalue weighted by Gasteiger charge is 2.12. The number of benzene rings is 2. The van der Waals surface area contributed by atoms with Gasteiger partial charge < -0.3 is 20.1 Å². The van der Waals surface area contributed by atoms with Crippen molar-refractivity contribution in [3.8, 4) is 11.5 Å². The Bertz CT molecular complexity index is 745. The number of hydrogen-bond donors (Lipinski definition) is 2. The average molecular weight is 421 g/mol. The van der Waals surface area contributed by atoms with Crippen molar-refractivity contribution in [3.05, 3.63) is 46.4 Å². The third kappa shape index (κ3) is 5.39. The maximum atomic E-state index is 11.7. The lowest BCUT2D eigenvalue weighted by atomic mass is 10.1. The van der Waals surface area contributed by atoms with E-state index < -0.39 is 0 Å². The van der Waals surface area contributed by atoms with Crippen molar-refractivity contribution in [2.24, 2.45) is 5.92 Å². The van der Waals surface area contributed by atoms with Gasteiger partial charge in [-0.25, -0.2) is 0 Å². The van der Waals surface area contributed by atoms with Crippen molar-refractivity contribution in [2.45, 2.75) is 27.3 Å². The van der Waals surface area contributed by atoms with Crippen molar-refractivity contribution in [1.29, 1.82) is 0 Å². The molecule has 0 aromatic heterocycles. The van der Waals surface area contributed by atoms with Crippen molar-refractivity contribution in [1.82, 2.24) is 0 Å². The Labute approximate surface area is 163 Å². The van der Waals surface area contributed by atoms with Crippen LogP contribution < -0.4 is 20.1 Å². The summed E-state index contributed by atoms with van der Waals surface area (Å²) in [6, 6.07) is 11.5. The second kappa shape index (κ2) is 9.48. The van der Waals surface area contributed by atoms with Crippen molar-refractivity contribution in [3.63, 3.8) is 0 Å². The van der Waals surface area contributed by atoms with Gasteiger partial charge in [0.05, 0.1) is 13.7 Å². The summed E-state index contributed by atoms with van der Waals surface area (Å²) < 4.78 is 12.1. The molecule has 0 fully saturated rings. The zero-order valence-corrected chi connectivity index (χ0v) is 17.1. The molecule has 2 aromatic rings. The van der Waals surface area contributed by atoms with Crippen LogP contribution in [-0.4, -0.2) is 19.6 Å². The summed E-state index contributed by atoms with van der Waals surface area (Å²) in [5, 5.41) is 6.25. The molecule has 0 aliphatic heterocycles. The Balaban J connectivity index is 2.09. The average Bonchev–Trinajstić information content (AvgIpc) is 2.62. The van der Waals surface area contributed by atoms with Gasteiger partial charge in [-0.1, -0.05) is 29.8 Å². The Morgan fingerprint density at radius 2 is 1.81 bits per heavy atom. The number of ether oxygens (including phenoxy) is 2. The first-order valence-electron chi connectivity index (χ1n) is 8.58. The van der Waals surface area contributed by atoms with Crippen LogP contribution in [0.25, 0.3) is 0 Å². The molecule has 0 unspecified atom stereocenters. The van der Waals surface area contributed by atoms with Gasteiger partial charge in [-0.2, -0.15) is 0 Å². The predicted molar refractivity (Wildman–Crippen MR) is 109 cm³/mol. The van der Waals surface area contributed by atoms with E-state index in [1.807, 2.05) is 57.2 Å². The van der Waals surface area contributed by atoms with Crippen LogP contribution in [0, 0.1) is 5.92 Å². The highest BCUT2D eigenvalue weighted by atomic mass is 79.9. The van der Waals surface area contributed by atoms with E-state index in [1.165, 1.54) is 0 Å². The Hall–Kier alpha value is -2.21. The lowest BCUT2D eigenvalue weighted by Crippen LogP contribution is -2.17. The molecule has 0 aliphatic carbocycles. The van der Waals surface area contributed by atoms with E-state index in [0.717, 1.165) is 27.2 Å². The first kappa shape index (κ1) is 20.1. The van der Waals surface area contributed by atoms with Gasteiger partial charge in [-0.05, 0) is 43.3 Å². The molecule has 0 saturated carbocycles. The number of methoxy groups -OCH3 is 1. The monoisotopic (exact) mass is 420 g/mol. The summed E-state index contributed by atoms with van der Waals surface area (Å²) in [5.74, 6) is 1.40. The second-order valence-corrected chi connectivity index (χ2v) is 7.02. The molecular weight excluding hydrogens is 396 g/mol.